The van der Waals surface area contributed by atoms with Gasteiger partial charge in [-0.3, -0.25) is 9.78 Å². The Balaban J connectivity index is 2.24. The van der Waals surface area contributed by atoms with Crippen LogP contribution in [0.2, 0.25) is 5.15 Å². The molecule has 2 aromatic heterocycles. The Morgan fingerprint density at radius 3 is 2.72 bits per heavy atom. The van der Waals surface area contributed by atoms with Crippen molar-refractivity contribution < 1.29 is 14.7 Å². The van der Waals surface area contributed by atoms with Crippen LogP contribution in [0.5, 0.6) is 0 Å². The van der Waals surface area contributed by atoms with Crippen LogP contribution in [-0.2, 0) is 4.79 Å². The highest BCUT2D eigenvalue weighted by molar-refractivity contribution is 6.32. The number of hydrogen-bond donors (Lipinski definition) is 1. The zero-order chi connectivity index (χ0) is 18.6. The topological polar surface area (TPSA) is 91.6 Å². The Hall–Kier alpha value is -2.61. The quantitative estimate of drug-likeness (QED) is 0.849. The summed E-state index contributed by atoms with van der Waals surface area (Å²) in [5.74, 6) is -0.734. The summed E-state index contributed by atoms with van der Waals surface area (Å²) in [4.78, 5) is 30.3. The van der Waals surface area contributed by atoms with Crippen molar-refractivity contribution in [2.75, 3.05) is 25.0 Å². The van der Waals surface area contributed by atoms with Crippen molar-refractivity contribution in [3.63, 3.8) is 0 Å². The molecule has 1 unspecified atom stereocenters. The lowest BCUT2D eigenvalue weighted by Crippen LogP contribution is -2.40. The Kier molecular flexibility index (Phi) is 5.97. The van der Waals surface area contributed by atoms with Gasteiger partial charge in [0.1, 0.15) is 5.69 Å². The number of amides is 2. The number of halogens is 1. The highest BCUT2D eigenvalue weighted by atomic mass is 35.5. The highest BCUT2D eigenvalue weighted by Crippen LogP contribution is 2.27. The number of carbonyl (C=O) groups excluding carboxylic acids is 1. The van der Waals surface area contributed by atoms with Crippen LogP contribution in [0.25, 0.3) is 5.69 Å². The molecule has 1 atom stereocenters. The molecule has 2 amide bonds. The molecule has 0 saturated heterocycles. The molecule has 0 bridgehead atoms. The molecule has 0 aliphatic heterocycles. The number of aromatic nitrogens is 3. The first-order valence-corrected chi connectivity index (χ1v) is 8.14. The zero-order valence-corrected chi connectivity index (χ0v) is 15.0. The molecular weight excluding hydrogens is 346 g/mol. The van der Waals surface area contributed by atoms with E-state index in [1.165, 1.54) is 11.9 Å². The molecular formula is C16H20ClN5O3. The Morgan fingerprint density at radius 2 is 2.16 bits per heavy atom. The third-order valence-electron chi connectivity index (χ3n) is 3.73. The molecule has 0 saturated carbocycles. The molecule has 0 aliphatic rings. The molecule has 9 heteroatoms. The maximum absolute atomic E-state index is 12.7. The number of carbonyl (C=O) groups is 2. The van der Waals surface area contributed by atoms with Gasteiger partial charge in [0.2, 0.25) is 5.91 Å². The fraction of sp³-hybridized carbons (Fsp3) is 0.375. The van der Waals surface area contributed by atoms with Gasteiger partial charge in [-0.1, -0.05) is 18.5 Å². The van der Waals surface area contributed by atoms with Crippen molar-refractivity contribution in [2.24, 2.45) is 5.92 Å². The molecule has 2 heterocycles. The number of hydrogen-bond acceptors (Lipinski definition) is 4. The SMILES string of the molecule is CCN(C(=O)C(C)CN(C)C(=O)O)c1cn(-c2cccnc2)nc1Cl. The van der Waals surface area contributed by atoms with Gasteiger partial charge in [0.05, 0.1) is 24.0 Å². The van der Waals surface area contributed by atoms with Crippen molar-refractivity contribution in [2.45, 2.75) is 13.8 Å². The summed E-state index contributed by atoms with van der Waals surface area (Å²) < 4.78 is 1.55. The minimum atomic E-state index is -1.08. The third-order valence-corrected chi connectivity index (χ3v) is 4.00. The lowest BCUT2D eigenvalue weighted by atomic mass is 10.1. The zero-order valence-electron chi connectivity index (χ0n) is 14.3. The second kappa shape index (κ2) is 7.98. The van der Waals surface area contributed by atoms with E-state index in [-0.39, 0.29) is 17.6 Å². The number of pyridine rings is 1. The molecule has 8 nitrogen and oxygen atoms in total. The number of anilines is 1. The van der Waals surface area contributed by atoms with Gasteiger partial charge < -0.3 is 14.9 Å². The van der Waals surface area contributed by atoms with E-state index in [1.807, 2.05) is 13.0 Å². The maximum atomic E-state index is 12.7. The molecule has 0 spiro atoms. The molecule has 0 aliphatic carbocycles. The smallest absolute Gasteiger partial charge is 0.407 e. The molecule has 0 aromatic carbocycles. The summed E-state index contributed by atoms with van der Waals surface area (Å²) in [5, 5.41) is 13.4. The van der Waals surface area contributed by atoms with E-state index < -0.39 is 12.0 Å². The van der Waals surface area contributed by atoms with Gasteiger partial charge in [-0.15, -0.1) is 0 Å². The van der Waals surface area contributed by atoms with Gasteiger partial charge in [-0.25, -0.2) is 9.48 Å². The fourth-order valence-electron chi connectivity index (χ4n) is 2.42. The average Bonchev–Trinajstić information content (AvgIpc) is 2.97. The summed E-state index contributed by atoms with van der Waals surface area (Å²) in [6, 6.07) is 3.60. The Bertz CT molecular complexity index is 749. The van der Waals surface area contributed by atoms with E-state index in [1.54, 1.807) is 36.3 Å². The van der Waals surface area contributed by atoms with Crippen molar-refractivity contribution in [3.05, 3.63) is 35.9 Å². The summed E-state index contributed by atoms with van der Waals surface area (Å²) in [6.45, 7) is 3.99. The van der Waals surface area contributed by atoms with Crippen LogP contribution in [0.1, 0.15) is 13.8 Å². The van der Waals surface area contributed by atoms with Gasteiger partial charge >= 0.3 is 6.09 Å². The van der Waals surface area contributed by atoms with E-state index in [0.717, 1.165) is 10.6 Å². The molecule has 1 N–H and O–H groups in total. The van der Waals surface area contributed by atoms with Crippen LogP contribution in [-0.4, -0.2) is 56.9 Å². The summed E-state index contributed by atoms with van der Waals surface area (Å²) in [6.07, 6.45) is 3.87. The molecule has 25 heavy (non-hydrogen) atoms. The molecule has 2 rings (SSSR count). The largest absolute Gasteiger partial charge is 0.465 e. The standard InChI is InChI=1S/C16H20ClN5O3/c1-4-21(15(23)11(2)9-20(3)16(24)25)13-10-22(19-14(13)17)12-6-5-7-18-8-12/h5-8,10-11H,4,9H2,1-3H3,(H,24,25). The monoisotopic (exact) mass is 365 g/mol. The van der Waals surface area contributed by atoms with Crippen LogP contribution in [0.4, 0.5) is 10.5 Å². The lowest BCUT2D eigenvalue weighted by Gasteiger charge is -2.25. The van der Waals surface area contributed by atoms with Gasteiger partial charge in [0, 0.05) is 26.3 Å². The number of rotatable bonds is 6. The summed E-state index contributed by atoms with van der Waals surface area (Å²) in [7, 11) is 1.43. The van der Waals surface area contributed by atoms with E-state index in [0.29, 0.717) is 12.2 Å². The van der Waals surface area contributed by atoms with Crippen molar-refractivity contribution >= 4 is 29.3 Å². The van der Waals surface area contributed by atoms with Crippen molar-refractivity contribution in [1.82, 2.24) is 19.7 Å². The maximum Gasteiger partial charge on any atom is 0.407 e. The predicted molar refractivity (Wildman–Crippen MR) is 94.2 cm³/mol. The second-order valence-corrected chi connectivity index (χ2v) is 5.97. The lowest BCUT2D eigenvalue weighted by molar-refractivity contribution is -0.122. The van der Waals surface area contributed by atoms with Crippen LogP contribution < -0.4 is 4.90 Å². The van der Waals surface area contributed by atoms with Gasteiger partial charge in [-0.2, -0.15) is 5.10 Å². The Labute approximate surface area is 150 Å². The normalized spacial score (nSPS) is 11.8. The van der Waals surface area contributed by atoms with Crippen molar-refractivity contribution in [1.29, 1.82) is 0 Å². The summed E-state index contributed by atoms with van der Waals surface area (Å²) in [5.41, 5.74) is 1.20. The first kappa shape index (κ1) is 18.7. The van der Waals surface area contributed by atoms with Crippen LogP contribution >= 0.6 is 11.6 Å². The average molecular weight is 366 g/mol. The molecule has 0 fully saturated rings. The van der Waals surface area contributed by atoms with Gasteiger partial charge in [0.15, 0.2) is 5.15 Å². The minimum Gasteiger partial charge on any atom is -0.465 e. The van der Waals surface area contributed by atoms with Crippen LogP contribution in [0.3, 0.4) is 0 Å². The molecule has 134 valence electrons. The number of carboxylic acid groups (broad SMARTS) is 1. The van der Waals surface area contributed by atoms with E-state index in [4.69, 9.17) is 16.7 Å². The van der Waals surface area contributed by atoms with E-state index >= 15 is 0 Å². The molecule has 0 radical (unpaired) electrons. The second-order valence-electron chi connectivity index (χ2n) is 5.61. The highest BCUT2D eigenvalue weighted by Gasteiger charge is 2.26. The third kappa shape index (κ3) is 4.27. The predicted octanol–water partition coefficient (Wildman–Crippen LogP) is 2.52. The van der Waals surface area contributed by atoms with Gasteiger partial charge in [-0.05, 0) is 19.1 Å². The van der Waals surface area contributed by atoms with Crippen molar-refractivity contribution in [3.8, 4) is 5.69 Å². The first-order chi connectivity index (χ1) is 11.8. The summed E-state index contributed by atoms with van der Waals surface area (Å²) >= 11 is 6.22. The fourth-order valence-corrected chi connectivity index (χ4v) is 2.66. The minimum absolute atomic E-state index is 0.0963. The first-order valence-electron chi connectivity index (χ1n) is 7.76. The molecule has 2 aromatic rings. The Morgan fingerprint density at radius 1 is 1.44 bits per heavy atom. The van der Waals surface area contributed by atoms with Crippen LogP contribution in [0, 0.1) is 5.92 Å². The van der Waals surface area contributed by atoms with Gasteiger partial charge in [0.25, 0.3) is 0 Å². The van der Waals surface area contributed by atoms with E-state index in [2.05, 4.69) is 10.1 Å². The number of nitrogens with zero attached hydrogens (tertiary/aromatic N) is 5. The van der Waals surface area contributed by atoms with E-state index in [9.17, 15) is 9.59 Å². The van der Waals surface area contributed by atoms with Crippen LogP contribution in [0.15, 0.2) is 30.7 Å².